The van der Waals surface area contributed by atoms with E-state index in [1.54, 1.807) is 6.07 Å². The summed E-state index contributed by atoms with van der Waals surface area (Å²) >= 11 is 0. The number of nitrogens with zero attached hydrogens (tertiary/aromatic N) is 5. The predicted octanol–water partition coefficient (Wildman–Crippen LogP) is 0.186. The standard InChI is InChI=1S/C7H5N5O/c8-3-7-9-5-12(10-7)4-6-1-2-13-11-6/h1-2,5H,4H2. The lowest BCUT2D eigenvalue weighted by atomic mass is 10.4. The van der Waals surface area contributed by atoms with Crippen LogP contribution in [0.4, 0.5) is 0 Å². The first-order valence-electron chi connectivity index (χ1n) is 3.57. The average molecular weight is 175 g/mol. The Kier molecular flexibility index (Phi) is 1.77. The predicted molar refractivity (Wildman–Crippen MR) is 40.3 cm³/mol. The molecular formula is C7H5N5O. The van der Waals surface area contributed by atoms with E-state index >= 15 is 0 Å². The molecule has 2 heterocycles. The van der Waals surface area contributed by atoms with Crippen LogP contribution in [0, 0.1) is 11.3 Å². The van der Waals surface area contributed by atoms with Gasteiger partial charge >= 0.3 is 0 Å². The van der Waals surface area contributed by atoms with Crippen molar-refractivity contribution in [2.24, 2.45) is 0 Å². The summed E-state index contributed by atoms with van der Waals surface area (Å²) in [6.07, 6.45) is 2.96. The summed E-state index contributed by atoms with van der Waals surface area (Å²) in [5.74, 6) is 0.156. The summed E-state index contributed by atoms with van der Waals surface area (Å²) in [5, 5.41) is 16.0. The molecule has 2 aromatic heterocycles. The van der Waals surface area contributed by atoms with E-state index in [0.29, 0.717) is 6.54 Å². The molecule has 0 aliphatic rings. The van der Waals surface area contributed by atoms with E-state index in [4.69, 9.17) is 5.26 Å². The molecule has 64 valence electrons. The highest BCUT2D eigenvalue weighted by Crippen LogP contribution is 1.97. The summed E-state index contributed by atoms with van der Waals surface area (Å²) in [6, 6.07) is 3.57. The molecular weight excluding hydrogens is 170 g/mol. The smallest absolute Gasteiger partial charge is 0.252 e. The average Bonchev–Trinajstić information content (AvgIpc) is 2.76. The van der Waals surface area contributed by atoms with Crippen LogP contribution in [0.25, 0.3) is 0 Å². The Morgan fingerprint density at radius 3 is 3.15 bits per heavy atom. The molecule has 0 bridgehead atoms. The zero-order valence-electron chi connectivity index (χ0n) is 6.58. The molecule has 0 unspecified atom stereocenters. The fourth-order valence-electron chi connectivity index (χ4n) is 0.907. The Bertz CT molecular complexity index is 424. The van der Waals surface area contributed by atoms with Gasteiger partial charge in [-0.25, -0.2) is 9.67 Å². The Balaban J connectivity index is 2.15. The lowest BCUT2D eigenvalue weighted by molar-refractivity contribution is 0.408. The van der Waals surface area contributed by atoms with Crippen molar-refractivity contribution < 1.29 is 4.52 Å². The molecule has 6 heteroatoms. The third-order valence-electron chi connectivity index (χ3n) is 1.45. The third-order valence-corrected chi connectivity index (χ3v) is 1.45. The molecule has 0 aromatic carbocycles. The molecule has 2 aromatic rings. The molecule has 0 fully saturated rings. The molecule has 0 amide bonds. The van der Waals surface area contributed by atoms with Gasteiger partial charge in [0.15, 0.2) is 0 Å². The highest BCUT2D eigenvalue weighted by molar-refractivity contribution is 5.06. The molecule has 13 heavy (non-hydrogen) atoms. The maximum atomic E-state index is 8.45. The molecule has 0 N–H and O–H groups in total. The fourth-order valence-corrected chi connectivity index (χ4v) is 0.907. The van der Waals surface area contributed by atoms with Gasteiger partial charge in [-0.3, -0.25) is 0 Å². The Labute approximate surface area is 73.4 Å². The molecule has 6 nitrogen and oxygen atoms in total. The van der Waals surface area contributed by atoms with Crippen molar-refractivity contribution in [1.29, 1.82) is 5.26 Å². The second-order valence-corrected chi connectivity index (χ2v) is 2.37. The highest BCUT2D eigenvalue weighted by Gasteiger charge is 2.01. The lowest BCUT2D eigenvalue weighted by Gasteiger charge is -1.92. The first-order chi connectivity index (χ1) is 6.38. The van der Waals surface area contributed by atoms with Crippen LogP contribution in [0.15, 0.2) is 23.2 Å². The molecule has 0 aliphatic heterocycles. The first-order valence-corrected chi connectivity index (χ1v) is 3.57. The van der Waals surface area contributed by atoms with Crippen molar-refractivity contribution >= 4 is 0 Å². The minimum atomic E-state index is 0.156. The first kappa shape index (κ1) is 7.49. The van der Waals surface area contributed by atoms with E-state index in [0.717, 1.165) is 5.69 Å². The zero-order chi connectivity index (χ0) is 9.10. The van der Waals surface area contributed by atoms with Crippen LogP contribution in [-0.4, -0.2) is 19.9 Å². The monoisotopic (exact) mass is 175 g/mol. The maximum absolute atomic E-state index is 8.45. The molecule has 0 atom stereocenters. The Morgan fingerprint density at radius 1 is 1.62 bits per heavy atom. The van der Waals surface area contributed by atoms with E-state index in [1.807, 2.05) is 6.07 Å². The van der Waals surface area contributed by atoms with Gasteiger partial charge in [0.2, 0.25) is 0 Å². The molecule has 0 saturated carbocycles. The van der Waals surface area contributed by atoms with Gasteiger partial charge in [0, 0.05) is 6.07 Å². The molecule has 2 rings (SSSR count). The topological polar surface area (TPSA) is 80.5 Å². The number of hydrogen-bond donors (Lipinski definition) is 0. The summed E-state index contributed by atoms with van der Waals surface area (Å²) in [4.78, 5) is 3.75. The van der Waals surface area contributed by atoms with E-state index in [9.17, 15) is 0 Å². The van der Waals surface area contributed by atoms with E-state index in [1.165, 1.54) is 17.3 Å². The van der Waals surface area contributed by atoms with Gasteiger partial charge in [0.1, 0.15) is 24.4 Å². The van der Waals surface area contributed by atoms with Gasteiger partial charge in [0.25, 0.3) is 5.82 Å². The third kappa shape index (κ3) is 1.54. The van der Waals surface area contributed by atoms with Crippen molar-refractivity contribution in [2.45, 2.75) is 6.54 Å². The van der Waals surface area contributed by atoms with Crippen LogP contribution in [0.5, 0.6) is 0 Å². The van der Waals surface area contributed by atoms with Crippen molar-refractivity contribution in [1.82, 2.24) is 19.9 Å². The van der Waals surface area contributed by atoms with Crippen LogP contribution >= 0.6 is 0 Å². The zero-order valence-corrected chi connectivity index (χ0v) is 6.58. The summed E-state index contributed by atoms with van der Waals surface area (Å²) < 4.78 is 6.17. The largest absolute Gasteiger partial charge is 0.364 e. The molecule has 0 aliphatic carbocycles. The second kappa shape index (κ2) is 3.06. The summed E-state index contributed by atoms with van der Waals surface area (Å²) in [7, 11) is 0. The van der Waals surface area contributed by atoms with Crippen LogP contribution in [0.3, 0.4) is 0 Å². The lowest BCUT2D eigenvalue weighted by Crippen LogP contribution is -2.00. The number of hydrogen-bond acceptors (Lipinski definition) is 5. The van der Waals surface area contributed by atoms with E-state index in [-0.39, 0.29) is 5.82 Å². The Morgan fingerprint density at radius 2 is 2.54 bits per heavy atom. The second-order valence-electron chi connectivity index (χ2n) is 2.37. The van der Waals surface area contributed by atoms with Crippen LogP contribution < -0.4 is 0 Å². The van der Waals surface area contributed by atoms with Gasteiger partial charge in [-0.15, -0.1) is 5.10 Å². The highest BCUT2D eigenvalue weighted by atomic mass is 16.5. The summed E-state index contributed by atoms with van der Waals surface area (Å²) in [6.45, 7) is 0.463. The van der Waals surface area contributed by atoms with Gasteiger partial charge in [-0.05, 0) is 0 Å². The van der Waals surface area contributed by atoms with E-state index < -0.39 is 0 Å². The van der Waals surface area contributed by atoms with E-state index in [2.05, 4.69) is 19.8 Å². The quantitative estimate of drug-likeness (QED) is 0.650. The minimum Gasteiger partial charge on any atom is -0.364 e. The maximum Gasteiger partial charge on any atom is 0.252 e. The van der Waals surface area contributed by atoms with Crippen LogP contribution in [0.1, 0.15) is 11.5 Å². The Hall–Kier alpha value is -2.16. The summed E-state index contributed by atoms with van der Waals surface area (Å²) in [5.41, 5.74) is 0.745. The molecule has 0 saturated heterocycles. The number of aromatic nitrogens is 4. The van der Waals surface area contributed by atoms with Crippen LogP contribution in [-0.2, 0) is 6.54 Å². The molecule has 0 spiro atoms. The SMILES string of the molecule is N#Cc1ncn(Cc2ccon2)n1. The van der Waals surface area contributed by atoms with Crippen molar-refractivity contribution in [3.63, 3.8) is 0 Å². The minimum absolute atomic E-state index is 0.156. The van der Waals surface area contributed by atoms with Gasteiger partial charge in [-0.2, -0.15) is 5.26 Å². The normalized spacial score (nSPS) is 9.77. The number of rotatable bonds is 2. The van der Waals surface area contributed by atoms with Crippen LogP contribution in [0.2, 0.25) is 0 Å². The van der Waals surface area contributed by atoms with Crippen molar-refractivity contribution in [2.75, 3.05) is 0 Å². The number of nitriles is 1. The fraction of sp³-hybridized carbons (Fsp3) is 0.143. The van der Waals surface area contributed by atoms with Gasteiger partial charge < -0.3 is 4.52 Å². The van der Waals surface area contributed by atoms with Crippen molar-refractivity contribution in [3.05, 3.63) is 30.2 Å². The van der Waals surface area contributed by atoms with Gasteiger partial charge in [0.05, 0.1) is 6.54 Å². The van der Waals surface area contributed by atoms with Crippen molar-refractivity contribution in [3.8, 4) is 6.07 Å². The van der Waals surface area contributed by atoms with Gasteiger partial charge in [-0.1, -0.05) is 5.16 Å². The molecule has 0 radical (unpaired) electrons.